The number of rotatable bonds is 16. The SMILES string of the molecule is O=C(O)CCC(NC(=O)N(O)C(CCCCNC(=O)c1ccc(OCCF)cc1)C(=O)O)C(=O)O. The standard InChI is InChI=1S/C21H28FN3O10/c22-10-12-35-14-6-4-13(5-7-14)18(28)23-11-2-1-3-16(20(31)32)25(34)21(33)24-15(19(29)30)8-9-17(26)27/h4-7,15-16,34H,1-3,8-12H2,(H,23,28)(H,24,33)(H,26,27)(H,29,30)(H,31,32). The summed E-state index contributed by atoms with van der Waals surface area (Å²) in [6.07, 6.45) is -0.747. The van der Waals surface area contributed by atoms with E-state index >= 15 is 0 Å². The summed E-state index contributed by atoms with van der Waals surface area (Å²) in [4.78, 5) is 57.4. The normalized spacial score (nSPS) is 12.2. The van der Waals surface area contributed by atoms with E-state index in [-0.39, 0.29) is 31.1 Å². The zero-order chi connectivity index (χ0) is 26.4. The third kappa shape index (κ3) is 10.7. The van der Waals surface area contributed by atoms with Gasteiger partial charge in [-0.05, 0) is 49.9 Å². The van der Waals surface area contributed by atoms with E-state index in [0.29, 0.717) is 17.7 Å². The van der Waals surface area contributed by atoms with Gasteiger partial charge in [-0.1, -0.05) is 0 Å². The second-order valence-electron chi connectivity index (χ2n) is 7.28. The van der Waals surface area contributed by atoms with Gasteiger partial charge in [-0.3, -0.25) is 14.8 Å². The number of carbonyl (C=O) groups is 5. The molecule has 3 amide bonds. The van der Waals surface area contributed by atoms with Gasteiger partial charge in [-0.15, -0.1) is 0 Å². The number of carboxylic acid groups (broad SMARTS) is 3. The Morgan fingerprint density at radius 1 is 0.971 bits per heavy atom. The molecule has 2 unspecified atom stereocenters. The van der Waals surface area contributed by atoms with E-state index in [1.54, 1.807) is 0 Å². The Hall–Kier alpha value is -3.94. The van der Waals surface area contributed by atoms with E-state index in [1.165, 1.54) is 24.3 Å². The van der Waals surface area contributed by atoms with E-state index < -0.39 is 61.4 Å². The van der Waals surface area contributed by atoms with Crippen LogP contribution in [0.15, 0.2) is 24.3 Å². The van der Waals surface area contributed by atoms with Crippen LogP contribution in [-0.2, 0) is 14.4 Å². The maximum atomic E-state index is 12.1. The lowest BCUT2D eigenvalue weighted by Crippen LogP contribution is -2.52. The average Bonchev–Trinajstić information content (AvgIpc) is 2.81. The molecule has 0 aromatic heterocycles. The summed E-state index contributed by atoms with van der Waals surface area (Å²) in [5, 5.41) is 41.3. The maximum Gasteiger partial charge on any atom is 0.342 e. The number of nitrogens with zero attached hydrogens (tertiary/aromatic N) is 1. The first-order valence-electron chi connectivity index (χ1n) is 10.6. The molecular weight excluding hydrogens is 473 g/mol. The lowest BCUT2D eigenvalue weighted by atomic mass is 10.1. The highest BCUT2D eigenvalue weighted by atomic mass is 19.1. The second kappa shape index (κ2) is 15.1. The van der Waals surface area contributed by atoms with Crippen LogP contribution >= 0.6 is 0 Å². The fourth-order valence-corrected chi connectivity index (χ4v) is 2.86. The maximum absolute atomic E-state index is 12.1. The van der Waals surface area contributed by atoms with Crippen molar-refractivity contribution in [1.82, 2.24) is 15.7 Å². The van der Waals surface area contributed by atoms with Crippen molar-refractivity contribution in [2.24, 2.45) is 0 Å². The first-order valence-corrected chi connectivity index (χ1v) is 10.6. The van der Waals surface area contributed by atoms with Gasteiger partial charge in [0, 0.05) is 18.5 Å². The Morgan fingerprint density at radius 2 is 1.63 bits per heavy atom. The van der Waals surface area contributed by atoms with Crippen LogP contribution in [0.1, 0.15) is 42.5 Å². The van der Waals surface area contributed by atoms with Crippen LogP contribution in [0.2, 0.25) is 0 Å². The summed E-state index contributed by atoms with van der Waals surface area (Å²) in [7, 11) is 0. The Labute approximate surface area is 199 Å². The molecule has 0 fully saturated rings. The van der Waals surface area contributed by atoms with Crippen LogP contribution in [0, 0.1) is 0 Å². The number of carbonyl (C=O) groups excluding carboxylic acids is 2. The van der Waals surface area contributed by atoms with Crippen molar-refractivity contribution < 1.29 is 53.6 Å². The number of aliphatic carboxylic acids is 3. The predicted octanol–water partition coefficient (Wildman–Crippen LogP) is 1.11. The van der Waals surface area contributed by atoms with Crippen molar-refractivity contribution in [2.75, 3.05) is 19.8 Å². The van der Waals surface area contributed by atoms with Crippen molar-refractivity contribution in [2.45, 2.75) is 44.2 Å². The Morgan fingerprint density at radius 3 is 2.17 bits per heavy atom. The highest BCUT2D eigenvalue weighted by Gasteiger charge is 2.31. The number of halogens is 1. The highest BCUT2D eigenvalue weighted by molar-refractivity contribution is 5.94. The summed E-state index contributed by atoms with van der Waals surface area (Å²) in [5.74, 6) is -4.37. The van der Waals surface area contributed by atoms with Gasteiger partial charge in [0.2, 0.25) is 0 Å². The third-order valence-electron chi connectivity index (χ3n) is 4.68. The molecule has 0 saturated carbocycles. The predicted molar refractivity (Wildman–Crippen MR) is 116 cm³/mol. The van der Waals surface area contributed by atoms with Gasteiger partial charge < -0.3 is 30.7 Å². The topological polar surface area (TPSA) is 203 Å². The molecule has 35 heavy (non-hydrogen) atoms. The number of unbranched alkanes of at least 4 members (excludes halogenated alkanes) is 1. The fraction of sp³-hybridized carbons (Fsp3) is 0.476. The molecule has 0 radical (unpaired) electrons. The number of hydroxylamine groups is 2. The highest BCUT2D eigenvalue weighted by Crippen LogP contribution is 2.13. The zero-order valence-corrected chi connectivity index (χ0v) is 18.7. The largest absolute Gasteiger partial charge is 0.491 e. The van der Waals surface area contributed by atoms with Crippen LogP contribution in [-0.4, -0.2) is 87.3 Å². The molecule has 1 aromatic carbocycles. The quantitative estimate of drug-likeness (QED) is 0.108. The van der Waals surface area contributed by atoms with Crippen LogP contribution in [0.3, 0.4) is 0 Å². The fourth-order valence-electron chi connectivity index (χ4n) is 2.86. The monoisotopic (exact) mass is 501 g/mol. The lowest BCUT2D eigenvalue weighted by molar-refractivity contribution is -0.157. The van der Waals surface area contributed by atoms with E-state index in [4.69, 9.17) is 14.9 Å². The van der Waals surface area contributed by atoms with Crippen molar-refractivity contribution >= 4 is 29.8 Å². The van der Waals surface area contributed by atoms with Crippen molar-refractivity contribution in [3.8, 4) is 5.75 Å². The summed E-state index contributed by atoms with van der Waals surface area (Å²) in [6.45, 7) is -0.570. The molecule has 13 nitrogen and oxygen atoms in total. The molecule has 6 N–H and O–H groups in total. The van der Waals surface area contributed by atoms with Crippen LogP contribution < -0.4 is 15.4 Å². The van der Waals surface area contributed by atoms with E-state index in [2.05, 4.69) is 5.32 Å². The minimum atomic E-state index is -1.70. The van der Waals surface area contributed by atoms with E-state index in [1.807, 2.05) is 5.32 Å². The molecule has 0 saturated heterocycles. The molecule has 0 aliphatic carbocycles. The van der Waals surface area contributed by atoms with Gasteiger partial charge in [0.15, 0.2) is 6.04 Å². The van der Waals surface area contributed by atoms with Crippen molar-refractivity contribution in [3.05, 3.63) is 29.8 Å². The molecule has 14 heteroatoms. The molecule has 0 bridgehead atoms. The minimum Gasteiger partial charge on any atom is -0.491 e. The summed E-state index contributed by atoms with van der Waals surface area (Å²) >= 11 is 0. The van der Waals surface area contributed by atoms with Gasteiger partial charge >= 0.3 is 23.9 Å². The first-order chi connectivity index (χ1) is 16.6. The smallest absolute Gasteiger partial charge is 0.342 e. The summed E-state index contributed by atoms with van der Waals surface area (Å²) in [6, 6.07) is 1.28. The Kier molecular flexibility index (Phi) is 12.5. The number of benzene rings is 1. The number of hydrogen-bond donors (Lipinski definition) is 6. The van der Waals surface area contributed by atoms with Gasteiger partial charge in [0.25, 0.3) is 5.91 Å². The number of nitrogens with one attached hydrogen (secondary N) is 2. The molecule has 1 aromatic rings. The first kappa shape index (κ1) is 29.1. The number of hydrogen-bond acceptors (Lipinski definition) is 7. The Bertz CT molecular complexity index is 881. The average molecular weight is 501 g/mol. The van der Waals surface area contributed by atoms with Crippen molar-refractivity contribution in [1.29, 1.82) is 0 Å². The third-order valence-corrected chi connectivity index (χ3v) is 4.68. The molecular formula is C21H28FN3O10. The molecule has 2 atom stereocenters. The number of carboxylic acids is 3. The van der Waals surface area contributed by atoms with E-state index in [9.17, 15) is 38.7 Å². The van der Waals surface area contributed by atoms with Crippen molar-refractivity contribution in [3.63, 3.8) is 0 Å². The van der Waals surface area contributed by atoms with Gasteiger partial charge in [0.05, 0.1) is 0 Å². The minimum absolute atomic E-state index is 0.0966. The molecule has 0 aliphatic heterocycles. The molecule has 0 heterocycles. The molecule has 1 rings (SSSR count). The molecule has 0 spiro atoms. The van der Waals surface area contributed by atoms with Gasteiger partial charge in [-0.2, -0.15) is 5.06 Å². The summed E-state index contributed by atoms with van der Waals surface area (Å²) in [5.41, 5.74) is 0.329. The summed E-state index contributed by atoms with van der Waals surface area (Å²) < 4.78 is 17.2. The molecule has 194 valence electrons. The van der Waals surface area contributed by atoms with Crippen LogP contribution in [0.4, 0.5) is 9.18 Å². The number of alkyl halides is 1. The van der Waals surface area contributed by atoms with Gasteiger partial charge in [0.1, 0.15) is 25.1 Å². The van der Waals surface area contributed by atoms with Crippen LogP contribution in [0.25, 0.3) is 0 Å². The second-order valence-corrected chi connectivity index (χ2v) is 7.28. The van der Waals surface area contributed by atoms with E-state index in [0.717, 1.165) is 0 Å². The number of amides is 3. The van der Waals surface area contributed by atoms with Crippen LogP contribution in [0.5, 0.6) is 5.75 Å². The lowest BCUT2D eigenvalue weighted by Gasteiger charge is -2.24. The molecule has 0 aliphatic rings. The number of urea groups is 1. The van der Waals surface area contributed by atoms with Gasteiger partial charge in [-0.25, -0.2) is 18.8 Å². The Balaban J connectivity index is 2.50. The number of ether oxygens (including phenoxy) is 1. The zero-order valence-electron chi connectivity index (χ0n) is 18.7.